The van der Waals surface area contributed by atoms with E-state index in [4.69, 9.17) is 6.58 Å². The Morgan fingerprint density at radius 3 is 1.86 bits per heavy atom. The molecule has 1 heterocycles. The summed E-state index contributed by atoms with van der Waals surface area (Å²) in [6.07, 6.45) is 6.63. The average Bonchev–Trinajstić information content (AvgIpc) is 3.63. The lowest BCUT2D eigenvalue weighted by molar-refractivity contribution is 0.660. The Morgan fingerprint density at radius 1 is 0.478 bits per heavy atom. The maximum atomic E-state index is 4.72. The number of rotatable bonds is 10. The van der Waals surface area contributed by atoms with Crippen molar-refractivity contribution in [3.8, 4) is 22.3 Å². The second kappa shape index (κ2) is 16.9. The molecule has 330 valence electrons. The minimum absolute atomic E-state index is 0.130. The molecule has 0 unspecified atom stereocenters. The highest BCUT2D eigenvalue weighted by Crippen LogP contribution is 2.53. The first-order valence-corrected chi connectivity index (χ1v) is 23.9. The SMILES string of the molecule is C=C(/C=C\C(=C/C)N(c1ccc2c(c1)C(C)(C)c1ccccc1-2)c1cccc2ccccc12)c1ccc2c(c1)-c1cccc3cccc(c13)N2c1ccc(N(c2ccccc2)c2ccccc2)cc1. The van der Waals surface area contributed by atoms with Gasteiger partial charge in [0.1, 0.15) is 0 Å². The van der Waals surface area contributed by atoms with Crippen molar-refractivity contribution >= 4 is 72.6 Å². The van der Waals surface area contributed by atoms with Crippen LogP contribution in [-0.2, 0) is 5.41 Å². The normalized spacial score (nSPS) is 13.3. The van der Waals surface area contributed by atoms with Gasteiger partial charge >= 0.3 is 0 Å². The van der Waals surface area contributed by atoms with E-state index < -0.39 is 0 Å². The lowest BCUT2D eigenvalue weighted by Gasteiger charge is -2.34. The smallest absolute Gasteiger partial charge is 0.0546 e. The average molecular weight is 886 g/mol. The van der Waals surface area contributed by atoms with Crippen molar-refractivity contribution in [2.75, 3.05) is 14.7 Å². The second-order valence-corrected chi connectivity index (χ2v) is 18.6. The number of allylic oxidation sites excluding steroid dienone is 4. The highest BCUT2D eigenvalue weighted by atomic mass is 15.2. The molecule has 0 atom stereocenters. The van der Waals surface area contributed by atoms with E-state index in [0.717, 1.165) is 56.6 Å². The first-order valence-electron chi connectivity index (χ1n) is 23.9. The largest absolute Gasteiger partial charge is 0.311 e. The summed E-state index contributed by atoms with van der Waals surface area (Å²) < 4.78 is 0. The molecule has 2 aliphatic rings. The van der Waals surface area contributed by atoms with Crippen LogP contribution in [0.5, 0.6) is 0 Å². The third kappa shape index (κ3) is 7.05. The molecule has 10 aromatic carbocycles. The van der Waals surface area contributed by atoms with Gasteiger partial charge in [-0.1, -0.05) is 172 Å². The predicted octanol–water partition coefficient (Wildman–Crippen LogP) is 18.5. The van der Waals surface area contributed by atoms with Crippen LogP contribution in [-0.4, -0.2) is 0 Å². The quantitative estimate of drug-likeness (QED) is 0.127. The van der Waals surface area contributed by atoms with Gasteiger partial charge in [-0.15, -0.1) is 0 Å². The van der Waals surface area contributed by atoms with E-state index in [0.29, 0.717) is 0 Å². The molecule has 1 aliphatic heterocycles. The summed E-state index contributed by atoms with van der Waals surface area (Å²) in [5.41, 5.74) is 19.6. The fourth-order valence-corrected chi connectivity index (χ4v) is 10.9. The monoisotopic (exact) mass is 885 g/mol. The molecule has 3 heteroatoms. The fraction of sp³-hybridized carbons (Fsp3) is 0.0606. The van der Waals surface area contributed by atoms with Crippen LogP contribution < -0.4 is 14.7 Å². The van der Waals surface area contributed by atoms with E-state index in [9.17, 15) is 0 Å². The molecule has 0 saturated carbocycles. The molecule has 0 saturated heterocycles. The molecule has 1 aliphatic carbocycles. The summed E-state index contributed by atoms with van der Waals surface area (Å²) >= 11 is 0. The maximum absolute atomic E-state index is 4.72. The Balaban J connectivity index is 0.921. The predicted molar refractivity (Wildman–Crippen MR) is 294 cm³/mol. The molecule has 0 spiro atoms. The minimum Gasteiger partial charge on any atom is -0.311 e. The van der Waals surface area contributed by atoms with Gasteiger partial charge < -0.3 is 14.7 Å². The molecular weight excluding hydrogens is 835 g/mol. The van der Waals surface area contributed by atoms with Crippen molar-refractivity contribution < 1.29 is 0 Å². The summed E-state index contributed by atoms with van der Waals surface area (Å²) in [7, 11) is 0. The molecule has 12 rings (SSSR count). The van der Waals surface area contributed by atoms with Gasteiger partial charge in [0, 0.05) is 55.9 Å². The summed E-state index contributed by atoms with van der Waals surface area (Å²) in [5, 5.41) is 4.86. The molecule has 69 heavy (non-hydrogen) atoms. The number of para-hydroxylation sites is 2. The minimum atomic E-state index is -0.130. The number of benzene rings is 10. The van der Waals surface area contributed by atoms with Crippen molar-refractivity contribution in [1.29, 1.82) is 0 Å². The van der Waals surface area contributed by atoms with Crippen LogP contribution in [0.4, 0.5) is 45.5 Å². The van der Waals surface area contributed by atoms with Crippen LogP contribution in [0.25, 0.3) is 49.4 Å². The summed E-state index contributed by atoms with van der Waals surface area (Å²) in [4.78, 5) is 7.14. The van der Waals surface area contributed by atoms with E-state index in [2.05, 4.69) is 278 Å². The zero-order valence-corrected chi connectivity index (χ0v) is 39.1. The van der Waals surface area contributed by atoms with Gasteiger partial charge in [-0.25, -0.2) is 0 Å². The van der Waals surface area contributed by atoms with Crippen molar-refractivity contribution in [2.45, 2.75) is 26.2 Å². The highest BCUT2D eigenvalue weighted by molar-refractivity contribution is 6.14. The van der Waals surface area contributed by atoms with E-state index >= 15 is 0 Å². The molecule has 3 nitrogen and oxygen atoms in total. The van der Waals surface area contributed by atoms with Crippen LogP contribution in [0.2, 0.25) is 0 Å². The van der Waals surface area contributed by atoms with Gasteiger partial charge in [0.15, 0.2) is 0 Å². The van der Waals surface area contributed by atoms with E-state index in [1.165, 1.54) is 60.6 Å². The highest BCUT2D eigenvalue weighted by Gasteiger charge is 2.36. The van der Waals surface area contributed by atoms with Crippen molar-refractivity contribution in [3.63, 3.8) is 0 Å². The second-order valence-electron chi connectivity index (χ2n) is 18.6. The standard InChI is InChI=1S/C66H51N3/c1-5-49(68(62-31-17-20-46-19-12-13-27-55(46)62)54-40-41-57-56-28-14-15-30-60(56)66(3,4)61(57)44-54)35-33-45(2)48-34-42-63-59(43-48)58-29-16-21-47-22-18-32-64(65(47)58)69(63)53-38-36-52(37-39-53)67(50-23-8-6-9-24-50)51-25-10-7-11-26-51/h5-44H,2H2,1,3-4H3/b35-33-,49-5+. The Hall–Kier alpha value is -8.66. The molecule has 10 aromatic rings. The zero-order chi connectivity index (χ0) is 46.6. The van der Waals surface area contributed by atoms with Gasteiger partial charge in [0.25, 0.3) is 0 Å². The summed E-state index contributed by atoms with van der Waals surface area (Å²) in [5.74, 6) is 0. The molecule has 0 bridgehead atoms. The fourth-order valence-electron chi connectivity index (χ4n) is 10.9. The topological polar surface area (TPSA) is 9.72 Å². The van der Waals surface area contributed by atoms with Crippen LogP contribution in [0, 0.1) is 0 Å². The lowest BCUT2D eigenvalue weighted by Crippen LogP contribution is -2.18. The number of hydrogen-bond donors (Lipinski definition) is 0. The Bertz CT molecular complexity index is 3620. The maximum Gasteiger partial charge on any atom is 0.0546 e. The third-order valence-electron chi connectivity index (χ3n) is 14.3. The van der Waals surface area contributed by atoms with E-state index in [-0.39, 0.29) is 5.41 Å². The van der Waals surface area contributed by atoms with Crippen LogP contribution in [0.15, 0.2) is 255 Å². The Morgan fingerprint density at radius 2 is 1.09 bits per heavy atom. The third-order valence-corrected chi connectivity index (χ3v) is 14.3. The number of nitrogens with zero attached hydrogens (tertiary/aromatic N) is 3. The van der Waals surface area contributed by atoms with Gasteiger partial charge in [0.05, 0.1) is 17.1 Å². The molecular formula is C66H51N3. The van der Waals surface area contributed by atoms with Crippen molar-refractivity contribution in [3.05, 3.63) is 272 Å². The Labute approximate surface area is 405 Å². The van der Waals surface area contributed by atoms with Crippen LogP contribution >= 0.6 is 0 Å². The zero-order valence-electron chi connectivity index (χ0n) is 39.1. The summed E-state index contributed by atoms with van der Waals surface area (Å²) in [6, 6.07) is 81.4. The molecule has 0 aromatic heterocycles. The molecule has 0 radical (unpaired) electrons. The lowest BCUT2D eigenvalue weighted by atomic mass is 9.82. The number of hydrogen-bond acceptors (Lipinski definition) is 3. The first kappa shape index (κ1) is 41.7. The van der Waals surface area contributed by atoms with Gasteiger partial charge in [-0.2, -0.15) is 0 Å². The summed E-state index contributed by atoms with van der Waals surface area (Å²) in [6.45, 7) is 11.6. The van der Waals surface area contributed by atoms with Crippen LogP contribution in [0.1, 0.15) is 37.5 Å². The Kier molecular flexibility index (Phi) is 10.2. The van der Waals surface area contributed by atoms with Crippen molar-refractivity contribution in [2.24, 2.45) is 0 Å². The molecule has 0 amide bonds. The van der Waals surface area contributed by atoms with E-state index in [1.807, 2.05) is 0 Å². The van der Waals surface area contributed by atoms with E-state index in [1.54, 1.807) is 0 Å². The number of anilines is 8. The van der Waals surface area contributed by atoms with Crippen LogP contribution in [0.3, 0.4) is 0 Å². The van der Waals surface area contributed by atoms with Gasteiger partial charge in [0.2, 0.25) is 0 Å². The first-order chi connectivity index (χ1) is 33.9. The molecule has 0 fully saturated rings. The molecule has 0 N–H and O–H groups in total. The van der Waals surface area contributed by atoms with Gasteiger partial charge in [-0.05, 0) is 148 Å². The van der Waals surface area contributed by atoms with Gasteiger partial charge in [-0.3, -0.25) is 0 Å². The number of fused-ring (bicyclic) bond motifs is 6. The van der Waals surface area contributed by atoms with Crippen molar-refractivity contribution in [1.82, 2.24) is 0 Å².